The molecule has 0 rings (SSSR count). The van der Waals surface area contributed by atoms with Crippen molar-refractivity contribution in [2.24, 2.45) is 0 Å². The Morgan fingerprint density at radius 3 is 2.00 bits per heavy atom. The number of rotatable bonds is 3. The summed E-state index contributed by atoms with van der Waals surface area (Å²) in [6.07, 6.45) is -1.82. The van der Waals surface area contributed by atoms with E-state index in [2.05, 4.69) is 1.28 Å². The summed E-state index contributed by atoms with van der Waals surface area (Å²) in [7, 11) is 0. The number of carboxylic acid groups (broad SMARTS) is 1. The zero-order valence-electron chi connectivity index (χ0n) is 4.40. The standard InChI is InChI=1S/C3H6NO4.Ce/c4-1(2(5)6)3(7)8;/h1-2,4-6H,(H,7,8);/q-1;+1/t1-;/m0./s1. The van der Waals surface area contributed by atoms with E-state index in [-0.39, 0.29) is 0 Å². The van der Waals surface area contributed by atoms with Crippen LogP contribution in [0.3, 0.4) is 0 Å². The third-order valence-corrected chi connectivity index (χ3v) is 1.70. The number of nitrogens with one attached hydrogen (secondary N) is 1. The van der Waals surface area contributed by atoms with E-state index in [1.807, 2.05) is 0 Å². The third kappa shape index (κ3) is 3.43. The zero-order chi connectivity index (χ0) is 7.44. The molecule has 0 aromatic carbocycles. The molecule has 0 spiro atoms. The van der Waals surface area contributed by atoms with Crippen molar-refractivity contribution in [3.63, 3.8) is 0 Å². The molecule has 0 bridgehead atoms. The molecule has 0 amide bonds. The second kappa shape index (κ2) is 4.53. The monoisotopic (exact) mass is 260 g/mol. The van der Waals surface area contributed by atoms with Crippen LogP contribution in [0, 0.1) is 40.0 Å². The minimum absolute atomic E-state index is 0.417. The molecular weight excluding hydrogens is 254 g/mol. The van der Waals surface area contributed by atoms with Crippen LogP contribution in [0.15, 0.2) is 0 Å². The van der Waals surface area contributed by atoms with Crippen LogP contribution in [0.25, 0.3) is 0 Å². The van der Waals surface area contributed by atoms with E-state index >= 15 is 0 Å². The molecule has 1 atom stereocenters. The second-order valence-corrected chi connectivity index (χ2v) is 2.28. The fraction of sp³-hybridized carbons (Fsp3) is 0.667. The van der Waals surface area contributed by atoms with Gasteiger partial charge in [-0.05, 0) is 0 Å². The molecule has 0 saturated carbocycles. The van der Waals surface area contributed by atoms with E-state index in [0.717, 1.165) is 0 Å². The molecule has 0 saturated heterocycles. The average Bonchev–Trinajstić information content (AvgIpc) is 1.64. The summed E-state index contributed by atoms with van der Waals surface area (Å²) in [6, 6.07) is -1.24. The predicted molar refractivity (Wildman–Crippen MR) is 22.8 cm³/mol. The molecular formula is C3H6CeNO4. The van der Waals surface area contributed by atoms with Gasteiger partial charge < -0.3 is 0 Å². The van der Waals surface area contributed by atoms with Crippen molar-refractivity contribution in [1.82, 2.24) is 1.28 Å². The van der Waals surface area contributed by atoms with Crippen LogP contribution in [0.1, 0.15) is 0 Å². The normalized spacial score (nSPS) is 13.6. The quantitative estimate of drug-likeness (QED) is 0.433. The van der Waals surface area contributed by atoms with Crippen molar-refractivity contribution < 1.29 is 60.2 Å². The minimum atomic E-state index is -1.82. The Kier molecular flexibility index (Phi) is 4.89. The molecule has 0 aromatic heterocycles. The van der Waals surface area contributed by atoms with Crippen molar-refractivity contribution in [2.45, 2.75) is 12.3 Å². The Hall–Kier alpha value is 0.727. The van der Waals surface area contributed by atoms with Gasteiger partial charge in [0.2, 0.25) is 0 Å². The number of hydrogen-bond donors (Lipinski definition) is 4. The molecule has 0 aromatic rings. The van der Waals surface area contributed by atoms with Crippen LogP contribution in [-0.4, -0.2) is 33.6 Å². The summed E-state index contributed by atoms with van der Waals surface area (Å²) < 4.78 is 2.34. The molecule has 0 heterocycles. The Morgan fingerprint density at radius 1 is 1.56 bits per heavy atom. The van der Waals surface area contributed by atoms with E-state index in [9.17, 15) is 4.79 Å². The average molecular weight is 260 g/mol. The van der Waals surface area contributed by atoms with E-state index in [1.165, 1.54) is 0 Å². The maximum absolute atomic E-state index is 10.0. The summed E-state index contributed by atoms with van der Waals surface area (Å²) in [5, 5.41) is 24.8. The number of carboxylic acids is 1. The fourth-order valence-electron chi connectivity index (χ4n) is 0.264. The molecule has 51 valence electrons. The fourth-order valence-corrected chi connectivity index (χ4v) is 1.12. The summed E-state index contributed by atoms with van der Waals surface area (Å²) in [4.78, 5) is 10.0. The van der Waals surface area contributed by atoms with Crippen molar-refractivity contribution in [1.29, 1.82) is 0 Å². The molecule has 4 N–H and O–H groups in total. The molecule has 0 aliphatic carbocycles. The van der Waals surface area contributed by atoms with Gasteiger partial charge >= 0.3 is 79.7 Å². The van der Waals surface area contributed by atoms with Gasteiger partial charge in [0.1, 0.15) is 0 Å². The van der Waals surface area contributed by atoms with Gasteiger partial charge in [-0.2, -0.15) is 0 Å². The zero-order valence-corrected chi connectivity index (χ0v) is 7.54. The van der Waals surface area contributed by atoms with E-state index in [1.54, 1.807) is 0 Å². The first-order valence-electron chi connectivity index (χ1n) is 2.10. The van der Waals surface area contributed by atoms with Gasteiger partial charge in [-0.25, -0.2) is 0 Å². The second-order valence-electron chi connectivity index (χ2n) is 1.37. The van der Waals surface area contributed by atoms with Crippen molar-refractivity contribution in [3.05, 3.63) is 0 Å². The summed E-state index contributed by atoms with van der Waals surface area (Å²) in [5.41, 5.74) is 0. The third-order valence-electron chi connectivity index (χ3n) is 0.720. The Balaban J connectivity index is 3.83. The maximum atomic E-state index is 10.0. The summed E-state index contributed by atoms with van der Waals surface area (Å²) in [5.74, 6) is -1.25. The molecule has 0 aliphatic heterocycles. The molecule has 0 aliphatic rings. The SMILES string of the molecule is O=C(O)[C@@H]([NH][Ce])C(O)O. The first kappa shape index (κ1) is 9.73. The van der Waals surface area contributed by atoms with Crippen LogP contribution in [0.2, 0.25) is 0 Å². The van der Waals surface area contributed by atoms with Crippen LogP contribution in [0.5, 0.6) is 0 Å². The van der Waals surface area contributed by atoms with Gasteiger partial charge in [0, 0.05) is 0 Å². The van der Waals surface area contributed by atoms with Gasteiger partial charge in [-0.15, -0.1) is 0 Å². The molecule has 0 radical (unpaired) electrons. The van der Waals surface area contributed by atoms with Crippen molar-refractivity contribution in [3.8, 4) is 0 Å². The molecule has 0 unspecified atom stereocenters. The molecule has 0 fully saturated rings. The van der Waals surface area contributed by atoms with Gasteiger partial charge in [0.05, 0.1) is 0 Å². The van der Waals surface area contributed by atoms with Gasteiger partial charge in [-0.1, -0.05) is 0 Å². The Labute approximate surface area is 79.1 Å². The van der Waals surface area contributed by atoms with Crippen molar-refractivity contribution >= 4 is 5.97 Å². The Morgan fingerprint density at radius 2 is 2.00 bits per heavy atom. The van der Waals surface area contributed by atoms with E-state index in [0.29, 0.717) is 40.0 Å². The molecule has 5 nitrogen and oxygen atoms in total. The van der Waals surface area contributed by atoms with E-state index in [4.69, 9.17) is 15.3 Å². The number of aliphatic hydroxyl groups is 2. The number of aliphatic hydroxyl groups excluding tert-OH is 1. The van der Waals surface area contributed by atoms with Gasteiger partial charge in [0.15, 0.2) is 0 Å². The van der Waals surface area contributed by atoms with Crippen LogP contribution in [-0.2, 0) is 4.79 Å². The van der Waals surface area contributed by atoms with Crippen molar-refractivity contribution in [2.75, 3.05) is 0 Å². The first-order chi connectivity index (χ1) is 4.09. The first-order valence-corrected chi connectivity index (χ1v) is 3.67. The van der Waals surface area contributed by atoms with Crippen LogP contribution in [0.4, 0.5) is 0 Å². The predicted octanol–water partition coefficient (Wildman–Crippen LogP) is -2.20. The number of carbonyl (C=O) groups is 1. The number of aliphatic carboxylic acids is 1. The Bertz CT molecular complexity index is 106. The summed E-state index contributed by atoms with van der Waals surface area (Å²) in [6.45, 7) is 0. The molecule has 9 heavy (non-hydrogen) atoms. The van der Waals surface area contributed by atoms with Crippen LogP contribution < -0.4 is 1.28 Å². The summed E-state index contributed by atoms with van der Waals surface area (Å²) >= 11 is 0.417. The van der Waals surface area contributed by atoms with E-state index < -0.39 is 18.3 Å². The number of hydrogen-bond acceptors (Lipinski definition) is 4. The molecule has 6 heteroatoms. The van der Waals surface area contributed by atoms with Crippen LogP contribution >= 0.6 is 0 Å². The topological polar surface area (TPSA) is 89.8 Å². The van der Waals surface area contributed by atoms with Gasteiger partial charge in [0.25, 0.3) is 0 Å². The van der Waals surface area contributed by atoms with Gasteiger partial charge in [-0.3, -0.25) is 0 Å².